The maximum absolute atomic E-state index is 13.3. The van der Waals surface area contributed by atoms with Gasteiger partial charge in [-0.3, -0.25) is 14.2 Å². The van der Waals surface area contributed by atoms with Crippen molar-refractivity contribution in [2.75, 3.05) is 11.1 Å². The van der Waals surface area contributed by atoms with Crippen molar-refractivity contribution >= 4 is 56.9 Å². The van der Waals surface area contributed by atoms with E-state index in [2.05, 4.69) is 20.3 Å². The van der Waals surface area contributed by atoms with Crippen molar-refractivity contribution in [3.63, 3.8) is 0 Å². The Kier molecular flexibility index (Phi) is 5.49. The Morgan fingerprint density at radius 3 is 2.61 bits per heavy atom. The van der Waals surface area contributed by atoms with E-state index in [-0.39, 0.29) is 22.9 Å². The van der Waals surface area contributed by atoms with Crippen molar-refractivity contribution in [3.8, 4) is 5.69 Å². The van der Waals surface area contributed by atoms with Crippen LogP contribution in [0.1, 0.15) is 0 Å². The van der Waals surface area contributed by atoms with Crippen molar-refractivity contribution < 1.29 is 4.79 Å². The monoisotopic (exact) mass is 477 g/mol. The number of benzene rings is 3. The van der Waals surface area contributed by atoms with E-state index in [1.807, 2.05) is 0 Å². The quantitative estimate of drug-likeness (QED) is 0.262. The molecule has 0 saturated carbocycles. The molecular formula is C23H16ClN5O3S. The molecule has 2 heterocycles. The lowest BCUT2D eigenvalue weighted by Crippen LogP contribution is -2.23. The lowest BCUT2D eigenvalue weighted by Gasteiger charge is -2.14. The Morgan fingerprint density at radius 1 is 1.00 bits per heavy atom. The molecule has 33 heavy (non-hydrogen) atoms. The average molecular weight is 478 g/mol. The Balaban J connectivity index is 1.45. The Hall–Kier alpha value is -3.82. The molecule has 0 aliphatic heterocycles. The second-order valence-electron chi connectivity index (χ2n) is 7.18. The van der Waals surface area contributed by atoms with Crippen LogP contribution >= 0.6 is 23.4 Å². The minimum absolute atomic E-state index is 0.0108. The van der Waals surface area contributed by atoms with Crippen LogP contribution in [0.2, 0.25) is 5.02 Å². The summed E-state index contributed by atoms with van der Waals surface area (Å²) >= 11 is 7.50. The summed E-state index contributed by atoms with van der Waals surface area (Å²) in [6, 6.07) is 19.1. The first-order valence-corrected chi connectivity index (χ1v) is 11.3. The molecule has 5 aromatic rings. The fraction of sp³-hybridized carbons (Fsp3) is 0.0435. The first-order valence-electron chi connectivity index (χ1n) is 9.91. The van der Waals surface area contributed by atoms with Crippen LogP contribution in [0.3, 0.4) is 0 Å². The van der Waals surface area contributed by atoms with Gasteiger partial charge in [0, 0.05) is 5.69 Å². The Bertz CT molecular complexity index is 1640. The zero-order valence-corrected chi connectivity index (χ0v) is 18.5. The summed E-state index contributed by atoms with van der Waals surface area (Å²) in [6.07, 6.45) is 0. The zero-order valence-electron chi connectivity index (χ0n) is 17.0. The second kappa shape index (κ2) is 8.61. The van der Waals surface area contributed by atoms with Crippen LogP contribution in [0.5, 0.6) is 0 Å². The number of thioether (sulfide) groups is 1. The molecule has 0 aliphatic carbocycles. The highest BCUT2D eigenvalue weighted by atomic mass is 35.5. The number of hydrogen-bond donors (Lipinski definition) is 3. The highest BCUT2D eigenvalue weighted by Crippen LogP contribution is 2.26. The third-order valence-electron chi connectivity index (χ3n) is 4.97. The van der Waals surface area contributed by atoms with Crippen LogP contribution < -0.4 is 16.6 Å². The number of nitrogens with zero attached hydrogens (tertiary/aromatic N) is 2. The lowest BCUT2D eigenvalue weighted by molar-refractivity contribution is -0.113. The van der Waals surface area contributed by atoms with Gasteiger partial charge in [0.15, 0.2) is 5.16 Å². The number of nitrogens with one attached hydrogen (secondary N) is 3. The molecule has 0 radical (unpaired) electrons. The third kappa shape index (κ3) is 4.15. The first kappa shape index (κ1) is 21.0. The van der Waals surface area contributed by atoms with Crippen LogP contribution in [-0.2, 0) is 4.79 Å². The zero-order chi connectivity index (χ0) is 22.9. The summed E-state index contributed by atoms with van der Waals surface area (Å²) in [7, 11) is 0. The number of carbonyl (C=O) groups excluding carboxylic acids is 1. The van der Waals surface area contributed by atoms with Gasteiger partial charge in [-0.25, -0.2) is 9.78 Å². The number of carbonyl (C=O) groups is 1. The smallest absolute Gasteiger partial charge is 0.323 e. The van der Waals surface area contributed by atoms with E-state index < -0.39 is 0 Å². The predicted octanol–water partition coefficient (Wildman–Crippen LogP) is 3.94. The summed E-state index contributed by atoms with van der Waals surface area (Å²) < 4.78 is 1.43. The van der Waals surface area contributed by atoms with E-state index in [0.29, 0.717) is 43.5 Å². The molecule has 0 unspecified atom stereocenters. The minimum Gasteiger partial charge on any atom is -0.325 e. The number of fused-ring (bicyclic) bond motifs is 2. The normalized spacial score (nSPS) is 11.2. The van der Waals surface area contributed by atoms with Crippen molar-refractivity contribution in [3.05, 3.63) is 92.6 Å². The van der Waals surface area contributed by atoms with E-state index in [4.69, 9.17) is 11.6 Å². The van der Waals surface area contributed by atoms with Crippen LogP contribution in [0.25, 0.3) is 27.6 Å². The number of halogens is 1. The van der Waals surface area contributed by atoms with Crippen molar-refractivity contribution in [1.29, 1.82) is 0 Å². The van der Waals surface area contributed by atoms with Gasteiger partial charge >= 0.3 is 5.69 Å². The second-order valence-corrected chi connectivity index (χ2v) is 8.53. The molecule has 3 aromatic carbocycles. The molecule has 10 heteroatoms. The molecule has 1 amide bonds. The average Bonchev–Trinajstić information content (AvgIpc) is 3.18. The predicted molar refractivity (Wildman–Crippen MR) is 131 cm³/mol. The van der Waals surface area contributed by atoms with Gasteiger partial charge < -0.3 is 15.3 Å². The number of rotatable bonds is 5. The standard InChI is InChI=1S/C23H16ClN5O3S/c24-15-6-2-4-8-19(15)29-21(31)14-5-1-3-7-16(14)28-23(29)33-12-20(30)25-13-9-10-17-18(11-13)27-22(32)26-17/h1-11H,12H2,(H,25,30)(H2,26,27,32). The van der Waals surface area contributed by atoms with Gasteiger partial charge in [-0.1, -0.05) is 47.6 Å². The van der Waals surface area contributed by atoms with E-state index in [9.17, 15) is 14.4 Å². The maximum Gasteiger partial charge on any atom is 0.323 e. The van der Waals surface area contributed by atoms with E-state index in [1.165, 1.54) is 4.57 Å². The van der Waals surface area contributed by atoms with Gasteiger partial charge in [0.1, 0.15) is 0 Å². The summed E-state index contributed by atoms with van der Waals surface area (Å²) in [6.45, 7) is 0. The van der Waals surface area contributed by atoms with Crippen LogP contribution in [-0.4, -0.2) is 31.2 Å². The minimum atomic E-state index is -0.316. The number of imidazole rings is 1. The summed E-state index contributed by atoms with van der Waals surface area (Å²) in [4.78, 5) is 47.3. The molecule has 8 nitrogen and oxygen atoms in total. The molecule has 0 fully saturated rings. The van der Waals surface area contributed by atoms with Gasteiger partial charge in [-0.05, 0) is 42.5 Å². The first-order chi connectivity index (χ1) is 16.0. The molecule has 0 aliphatic rings. The molecule has 0 bridgehead atoms. The topological polar surface area (TPSA) is 113 Å². The fourth-order valence-electron chi connectivity index (χ4n) is 3.49. The largest absolute Gasteiger partial charge is 0.325 e. The van der Waals surface area contributed by atoms with Crippen molar-refractivity contribution in [1.82, 2.24) is 19.5 Å². The number of amides is 1. The number of anilines is 1. The SMILES string of the molecule is O=C(CSc1nc2ccccc2c(=O)n1-c1ccccc1Cl)Nc1ccc2[nH]c(=O)[nH]c2c1. The Labute approximate surface area is 195 Å². The van der Waals surface area contributed by atoms with Gasteiger partial charge in [0.05, 0.1) is 38.4 Å². The molecule has 0 saturated heterocycles. The van der Waals surface area contributed by atoms with E-state index in [0.717, 1.165) is 11.8 Å². The number of aromatic nitrogens is 4. The maximum atomic E-state index is 13.3. The number of para-hydroxylation sites is 2. The van der Waals surface area contributed by atoms with Crippen molar-refractivity contribution in [2.24, 2.45) is 0 Å². The summed E-state index contributed by atoms with van der Waals surface area (Å²) in [5, 5.41) is 4.01. The van der Waals surface area contributed by atoms with Gasteiger partial charge in [-0.15, -0.1) is 0 Å². The van der Waals surface area contributed by atoms with Crippen molar-refractivity contribution in [2.45, 2.75) is 5.16 Å². The molecule has 0 atom stereocenters. The van der Waals surface area contributed by atoms with Gasteiger partial charge in [0.2, 0.25) is 5.91 Å². The number of aromatic amines is 2. The molecule has 2 aromatic heterocycles. The molecule has 3 N–H and O–H groups in total. The molecule has 164 valence electrons. The van der Waals surface area contributed by atoms with Crippen LogP contribution in [0.4, 0.5) is 5.69 Å². The fourth-order valence-corrected chi connectivity index (χ4v) is 4.52. The summed E-state index contributed by atoms with van der Waals surface area (Å²) in [5.74, 6) is -0.276. The van der Waals surface area contributed by atoms with E-state index >= 15 is 0 Å². The Morgan fingerprint density at radius 2 is 1.76 bits per heavy atom. The van der Waals surface area contributed by atoms with E-state index in [1.54, 1.807) is 66.7 Å². The summed E-state index contributed by atoms with van der Waals surface area (Å²) in [5.41, 5.74) is 2.23. The van der Waals surface area contributed by atoms with Gasteiger partial charge in [-0.2, -0.15) is 0 Å². The highest BCUT2D eigenvalue weighted by molar-refractivity contribution is 7.99. The third-order valence-corrected chi connectivity index (χ3v) is 6.23. The number of H-pyrrole nitrogens is 2. The molecule has 5 rings (SSSR count). The van der Waals surface area contributed by atoms with Gasteiger partial charge in [0.25, 0.3) is 5.56 Å². The van der Waals surface area contributed by atoms with Crippen LogP contribution in [0.15, 0.2) is 81.5 Å². The van der Waals surface area contributed by atoms with Crippen LogP contribution in [0, 0.1) is 0 Å². The lowest BCUT2D eigenvalue weighted by atomic mass is 10.2. The molecule has 0 spiro atoms. The highest BCUT2D eigenvalue weighted by Gasteiger charge is 2.16. The number of hydrogen-bond acceptors (Lipinski definition) is 5. The molecular weight excluding hydrogens is 462 g/mol.